The highest BCUT2D eigenvalue weighted by Gasteiger charge is 2.15. The van der Waals surface area contributed by atoms with Gasteiger partial charge in [-0.1, -0.05) is 25.5 Å². The number of para-hydroxylation sites is 2. The molecule has 0 radical (unpaired) electrons. The smallest absolute Gasteiger partial charge is 0.356 e. The summed E-state index contributed by atoms with van der Waals surface area (Å²) in [5.74, 6) is -0.979. The predicted molar refractivity (Wildman–Crippen MR) is 70.8 cm³/mol. The molecule has 2 aromatic rings. The number of carboxylic acids is 1. The summed E-state index contributed by atoms with van der Waals surface area (Å²) in [5.41, 5.74) is 1.29. The molecule has 0 saturated carbocycles. The average molecular weight is 260 g/mol. The van der Waals surface area contributed by atoms with Gasteiger partial charge in [-0.25, -0.2) is 9.48 Å². The Morgan fingerprint density at radius 2 is 2.11 bits per heavy atom. The minimum absolute atomic E-state index is 0.00523. The van der Waals surface area contributed by atoms with E-state index in [0.29, 0.717) is 5.69 Å². The zero-order chi connectivity index (χ0) is 13.8. The van der Waals surface area contributed by atoms with Crippen LogP contribution in [0.15, 0.2) is 30.3 Å². The lowest BCUT2D eigenvalue weighted by Crippen LogP contribution is -2.04. The highest BCUT2D eigenvalue weighted by molar-refractivity contribution is 5.85. The molecule has 5 nitrogen and oxygen atoms in total. The molecule has 0 bridgehead atoms. The molecule has 100 valence electrons. The predicted octanol–water partition coefficient (Wildman–Crippen LogP) is 2.62. The first kappa shape index (κ1) is 13.1. The molecule has 19 heavy (non-hydrogen) atoms. The molecule has 2 N–H and O–H groups in total. The fourth-order valence-electron chi connectivity index (χ4n) is 1.91. The number of phenolic OH excluding ortho intramolecular Hbond substituents is 1. The van der Waals surface area contributed by atoms with Gasteiger partial charge in [0.25, 0.3) is 0 Å². The maximum Gasteiger partial charge on any atom is 0.356 e. The number of benzene rings is 1. The number of aromatic nitrogens is 2. The van der Waals surface area contributed by atoms with Crippen molar-refractivity contribution in [1.82, 2.24) is 9.78 Å². The van der Waals surface area contributed by atoms with E-state index in [-0.39, 0.29) is 11.4 Å². The normalized spacial score (nSPS) is 10.6. The summed E-state index contributed by atoms with van der Waals surface area (Å²) in [7, 11) is 0. The molecule has 0 atom stereocenters. The lowest BCUT2D eigenvalue weighted by molar-refractivity contribution is 0.0690. The minimum Gasteiger partial charge on any atom is -0.506 e. The summed E-state index contributed by atoms with van der Waals surface area (Å²) in [5, 5.41) is 22.9. The minimum atomic E-state index is -1.06. The van der Waals surface area contributed by atoms with Gasteiger partial charge in [0.2, 0.25) is 0 Å². The van der Waals surface area contributed by atoms with Gasteiger partial charge in [0, 0.05) is 5.69 Å². The number of unbranched alkanes of at least 4 members (excludes halogenated alkanes) is 1. The number of aryl methyl sites for hydroxylation is 1. The number of carboxylic acid groups (broad SMARTS) is 1. The second-order valence-corrected chi connectivity index (χ2v) is 4.33. The van der Waals surface area contributed by atoms with Gasteiger partial charge < -0.3 is 10.2 Å². The van der Waals surface area contributed by atoms with E-state index in [0.717, 1.165) is 25.0 Å². The van der Waals surface area contributed by atoms with Crippen molar-refractivity contribution in [2.45, 2.75) is 26.2 Å². The van der Waals surface area contributed by atoms with Crippen LogP contribution in [0.4, 0.5) is 0 Å². The van der Waals surface area contributed by atoms with Gasteiger partial charge >= 0.3 is 5.97 Å². The van der Waals surface area contributed by atoms with Crippen molar-refractivity contribution < 1.29 is 15.0 Å². The summed E-state index contributed by atoms with van der Waals surface area (Å²) < 4.78 is 1.51. The number of aromatic carboxylic acids is 1. The van der Waals surface area contributed by atoms with Crippen LogP contribution >= 0.6 is 0 Å². The third-order valence-corrected chi connectivity index (χ3v) is 2.90. The van der Waals surface area contributed by atoms with E-state index < -0.39 is 5.97 Å². The first-order valence-corrected chi connectivity index (χ1v) is 6.24. The molecule has 0 aliphatic rings. The second kappa shape index (κ2) is 5.56. The Hall–Kier alpha value is -2.30. The van der Waals surface area contributed by atoms with Crippen molar-refractivity contribution >= 4 is 5.97 Å². The highest BCUT2D eigenvalue weighted by atomic mass is 16.4. The van der Waals surface area contributed by atoms with E-state index in [4.69, 9.17) is 5.11 Å². The molecule has 1 aromatic heterocycles. The summed E-state index contributed by atoms with van der Waals surface area (Å²) >= 11 is 0. The van der Waals surface area contributed by atoms with Crippen LogP contribution in [0.25, 0.3) is 5.69 Å². The van der Waals surface area contributed by atoms with Crippen molar-refractivity contribution in [3.63, 3.8) is 0 Å². The Morgan fingerprint density at radius 3 is 2.74 bits per heavy atom. The van der Waals surface area contributed by atoms with Crippen LogP contribution in [-0.4, -0.2) is 26.0 Å². The second-order valence-electron chi connectivity index (χ2n) is 4.33. The number of carbonyl (C=O) groups is 1. The number of aromatic hydroxyl groups is 1. The summed E-state index contributed by atoms with van der Waals surface area (Å²) in [6, 6.07) is 8.32. The standard InChI is InChI=1S/C14H16N2O3/c1-2-3-6-10-9-11(14(18)19)15-16(10)12-7-4-5-8-13(12)17/h4-5,7-9,17H,2-3,6H2,1H3,(H,18,19). The third kappa shape index (κ3) is 2.76. The fourth-order valence-corrected chi connectivity index (χ4v) is 1.91. The highest BCUT2D eigenvalue weighted by Crippen LogP contribution is 2.23. The maximum absolute atomic E-state index is 11.0. The van der Waals surface area contributed by atoms with Crippen molar-refractivity contribution in [2.24, 2.45) is 0 Å². The van der Waals surface area contributed by atoms with Crippen molar-refractivity contribution in [3.8, 4) is 11.4 Å². The van der Waals surface area contributed by atoms with Crippen LogP contribution in [-0.2, 0) is 6.42 Å². The van der Waals surface area contributed by atoms with E-state index >= 15 is 0 Å². The van der Waals surface area contributed by atoms with Crippen LogP contribution in [0.3, 0.4) is 0 Å². The lowest BCUT2D eigenvalue weighted by atomic mass is 10.2. The molecule has 1 aromatic carbocycles. The lowest BCUT2D eigenvalue weighted by Gasteiger charge is -2.08. The monoisotopic (exact) mass is 260 g/mol. The molecular formula is C14H16N2O3. The zero-order valence-electron chi connectivity index (χ0n) is 10.7. The largest absolute Gasteiger partial charge is 0.506 e. The molecule has 0 unspecified atom stereocenters. The Morgan fingerprint density at radius 1 is 1.37 bits per heavy atom. The first-order chi connectivity index (χ1) is 9.13. The van der Waals surface area contributed by atoms with Gasteiger partial charge in [0.1, 0.15) is 11.4 Å². The van der Waals surface area contributed by atoms with Gasteiger partial charge in [-0.3, -0.25) is 0 Å². The summed E-state index contributed by atoms with van der Waals surface area (Å²) in [6.07, 6.45) is 2.68. The molecule has 0 fully saturated rings. The van der Waals surface area contributed by atoms with E-state index in [9.17, 15) is 9.90 Å². The van der Waals surface area contributed by atoms with E-state index in [2.05, 4.69) is 12.0 Å². The molecule has 0 aliphatic carbocycles. The number of rotatable bonds is 5. The SMILES string of the molecule is CCCCc1cc(C(=O)O)nn1-c1ccccc1O. The van der Waals surface area contributed by atoms with Crippen LogP contribution < -0.4 is 0 Å². The summed E-state index contributed by atoms with van der Waals surface area (Å²) in [4.78, 5) is 11.0. The number of hydrogen-bond donors (Lipinski definition) is 2. The molecule has 0 aliphatic heterocycles. The molecule has 5 heteroatoms. The molecule has 2 rings (SSSR count). The summed E-state index contributed by atoms with van der Waals surface area (Å²) in [6.45, 7) is 2.07. The fraction of sp³-hybridized carbons (Fsp3) is 0.286. The topological polar surface area (TPSA) is 75.3 Å². The number of hydrogen-bond acceptors (Lipinski definition) is 3. The van der Waals surface area contributed by atoms with Crippen LogP contribution in [0, 0.1) is 0 Å². The van der Waals surface area contributed by atoms with Gasteiger partial charge in [-0.05, 0) is 31.0 Å². The Balaban J connectivity index is 2.48. The molecule has 0 saturated heterocycles. The van der Waals surface area contributed by atoms with Crippen LogP contribution in [0.1, 0.15) is 35.9 Å². The molecule has 1 heterocycles. The maximum atomic E-state index is 11.0. The van der Waals surface area contributed by atoms with E-state index in [1.807, 2.05) is 0 Å². The van der Waals surface area contributed by atoms with Gasteiger partial charge in [-0.2, -0.15) is 5.10 Å². The quantitative estimate of drug-likeness (QED) is 0.866. The van der Waals surface area contributed by atoms with Gasteiger partial charge in [0.15, 0.2) is 5.69 Å². The van der Waals surface area contributed by atoms with Crippen molar-refractivity contribution in [1.29, 1.82) is 0 Å². The van der Waals surface area contributed by atoms with Crippen LogP contribution in [0.2, 0.25) is 0 Å². The van der Waals surface area contributed by atoms with Crippen molar-refractivity contribution in [2.75, 3.05) is 0 Å². The Bertz CT molecular complexity index is 590. The van der Waals surface area contributed by atoms with E-state index in [1.54, 1.807) is 30.3 Å². The van der Waals surface area contributed by atoms with Gasteiger partial charge in [-0.15, -0.1) is 0 Å². The molecular weight excluding hydrogens is 244 g/mol. The third-order valence-electron chi connectivity index (χ3n) is 2.90. The zero-order valence-corrected chi connectivity index (χ0v) is 10.7. The number of nitrogens with zero attached hydrogens (tertiary/aromatic N) is 2. The first-order valence-electron chi connectivity index (χ1n) is 6.24. The average Bonchev–Trinajstić information content (AvgIpc) is 2.81. The van der Waals surface area contributed by atoms with Gasteiger partial charge in [0.05, 0.1) is 0 Å². The Kier molecular flexibility index (Phi) is 3.85. The van der Waals surface area contributed by atoms with E-state index in [1.165, 1.54) is 4.68 Å². The molecule has 0 spiro atoms. The van der Waals surface area contributed by atoms with Crippen molar-refractivity contribution in [3.05, 3.63) is 41.7 Å². The Labute approximate surface area is 111 Å². The number of phenols is 1. The van der Waals surface area contributed by atoms with Crippen LogP contribution in [0.5, 0.6) is 5.75 Å². The molecule has 0 amide bonds.